The van der Waals surface area contributed by atoms with E-state index in [4.69, 9.17) is 9.47 Å². The molecule has 0 radical (unpaired) electrons. The van der Waals surface area contributed by atoms with Crippen LogP contribution in [-0.4, -0.2) is 71.6 Å². The minimum atomic E-state index is -0.557. The number of esters is 1. The third kappa shape index (κ3) is 6.93. The van der Waals surface area contributed by atoms with Crippen LogP contribution in [0.15, 0.2) is 6.07 Å². The Kier molecular flexibility index (Phi) is 7.99. The third-order valence-corrected chi connectivity index (χ3v) is 6.76. The molecule has 0 aliphatic carbocycles. The van der Waals surface area contributed by atoms with Crippen molar-refractivity contribution in [2.45, 2.75) is 71.6 Å². The highest BCUT2D eigenvalue weighted by atomic mass is 32.1. The number of fused-ring (bicyclic) bond motifs is 1. The minimum Gasteiger partial charge on any atom is -0.462 e. The number of carbonyl (C=O) groups excluding carboxylic acids is 4. The van der Waals surface area contributed by atoms with Gasteiger partial charge in [-0.25, -0.2) is 4.79 Å². The van der Waals surface area contributed by atoms with Crippen molar-refractivity contribution in [2.24, 2.45) is 0 Å². The van der Waals surface area contributed by atoms with E-state index >= 15 is 0 Å². The smallest absolute Gasteiger partial charge is 0.410 e. The number of likely N-dealkylation sites (tertiary alicyclic amines) is 1. The van der Waals surface area contributed by atoms with Gasteiger partial charge in [-0.05, 0) is 38.8 Å². The molecule has 3 heterocycles. The Hall–Kier alpha value is -2.62. The van der Waals surface area contributed by atoms with Crippen molar-refractivity contribution in [2.75, 3.05) is 26.2 Å². The van der Waals surface area contributed by atoms with Gasteiger partial charge in [-0.1, -0.05) is 6.92 Å². The molecule has 182 valence electrons. The summed E-state index contributed by atoms with van der Waals surface area (Å²) in [6, 6.07) is 1.80. The van der Waals surface area contributed by atoms with Gasteiger partial charge in [-0.2, -0.15) is 0 Å². The Labute approximate surface area is 198 Å². The van der Waals surface area contributed by atoms with E-state index in [0.717, 1.165) is 10.4 Å². The van der Waals surface area contributed by atoms with Crippen LogP contribution in [0.1, 0.15) is 67.1 Å². The maximum atomic E-state index is 12.6. The van der Waals surface area contributed by atoms with Crippen LogP contribution in [0.3, 0.4) is 0 Å². The molecule has 0 atom stereocenters. The molecule has 0 spiro atoms. The molecule has 10 heteroatoms. The molecule has 2 aliphatic rings. The maximum Gasteiger partial charge on any atom is 0.410 e. The molecule has 0 unspecified atom stereocenters. The van der Waals surface area contributed by atoms with Crippen molar-refractivity contribution in [3.05, 3.63) is 21.4 Å². The predicted octanol–water partition coefficient (Wildman–Crippen LogP) is 2.72. The van der Waals surface area contributed by atoms with Crippen LogP contribution in [0.25, 0.3) is 0 Å². The Morgan fingerprint density at radius 2 is 1.82 bits per heavy atom. The fraction of sp³-hybridized carbons (Fsp3) is 0.652. The van der Waals surface area contributed by atoms with E-state index in [-0.39, 0.29) is 36.5 Å². The molecule has 1 aromatic heterocycles. The summed E-state index contributed by atoms with van der Waals surface area (Å²) in [6.45, 7) is 9.13. The number of hydrogen-bond donors (Lipinski definition) is 1. The first-order chi connectivity index (χ1) is 15.6. The molecule has 33 heavy (non-hydrogen) atoms. The average Bonchev–Trinajstić information content (AvgIpc) is 3.20. The molecule has 1 aromatic rings. The summed E-state index contributed by atoms with van der Waals surface area (Å²) in [4.78, 5) is 53.8. The van der Waals surface area contributed by atoms with E-state index in [1.807, 2.05) is 20.8 Å². The van der Waals surface area contributed by atoms with Gasteiger partial charge >= 0.3 is 12.1 Å². The largest absolute Gasteiger partial charge is 0.462 e. The number of amides is 3. The molecule has 3 amide bonds. The summed E-state index contributed by atoms with van der Waals surface area (Å²) in [5.74, 6) is -0.667. The number of rotatable bonds is 5. The summed E-state index contributed by atoms with van der Waals surface area (Å²) in [5.41, 5.74) is 0.385. The SMILES string of the molecule is CCC(=O)OC1CCN(C(=O)CNC(=O)c2cc3c(s2)CCN(C(=O)OC(C)(C)C)C3)CC1. The molecule has 0 bridgehead atoms. The van der Waals surface area contributed by atoms with Crippen molar-refractivity contribution >= 4 is 35.2 Å². The van der Waals surface area contributed by atoms with Gasteiger partial charge in [0, 0.05) is 43.8 Å². The number of piperidine rings is 1. The summed E-state index contributed by atoms with van der Waals surface area (Å²) < 4.78 is 10.8. The van der Waals surface area contributed by atoms with Gasteiger partial charge in [0.25, 0.3) is 5.91 Å². The molecular weight excluding hydrogens is 446 g/mol. The lowest BCUT2D eigenvalue weighted by Gasteiger charge is -2.31. The predicted molar refractivity (Wildman–Crippen MR) is 123 cm³/mol. The monoisotopic (exact) mass is 479 g/mol. The number of carbonyl (C=O) groups is 4. The first kappa shape index (κ1) is 25.0. The van der Waals surface area contributed by atoms with Crippen LogP contribution in [-0.2, 0) is 32.0 Å². The summed E-state index contributed by atoms with van der Waals surface area (Å²) in [6.07, 6.45) is 1.73. The van der Waals surface area contributed by atoms with Crippen LogP contribution in [0.2, 0.25) is 0 Å². The molecule has 1 saturated heterocycles. The normalized spacial score (nSPS) is 16.7. The van der Waals surface area contributed by atoms with Gasteiger partial charge in [0.15, 0.2) is 0 Å². The van der Waals surface area contributed by atoms with E-state index in [1.54, 1.807) is 22.8 Å². The zero-order valence-corrected chi connectivity index (χ0v) is 20.6. The Bertz CT molecular complexity index is 898. The van der Waals surface area contributed by atoms with Gasteiger partial charge in [-0.15, -0.1) is 11.3 Å². The second kappa shape index (κ2) is 10.5. The minimum absolute atomic E-state index is 0.0785. The van der Waals surface area contributed by atoms with E-state index < -0.39 is 5.60 Å². The number of nitrogens with zero attached hydrogens (tertiary/aromatic N) is 2. The van der Waals surface area contributed by atoms with Crippen LogP contribution < -0.4 is 5.32 Å². The highest BCUT2D eigenvalue weighted by Gasteiger charge is 2.28. The maximum absolute atomic E-state index is 12.6. The lowest BCUT2D eigenvalue weighted by molar-refractivity contribution is -0.151. The Balaban J connectivity index is 1.47. The molecule has 0 aromatic carbocycles. The lowest BCUT2D eigenvalue weighted by Crippen LogP contribution is -2.45. The van der Waals surface area contributed by atoms with Crippen molar-refractivity contribution in [1.29, 1.82) is 0 Å². The molecule has 0 saturated carbocycles. The highest BCUT2D eigenvalue weighted by molar-refractivity contribution is 7.14. The van der Waals surface area contributed by atoms with Gasteiger partial charge in [0.05, 0.1) is 18.0 Å². The van der Waals surface area contributed by atoms with Crippen LogP contribution >= 0.6 is 11.3 Å². The third-order valence-electron chi connectivity index (χ3n) is 5.52. The highest BCUT2D eigenvalue weighted by Crippen LogP contribution is 2.29. The van der Waals surface area contributed by atoms with Crippen molar-refractivity contribution < 1.29 is 28.7 Å². The topological polar surface area (TPSA) is 105 Å². The average molecular weight is 480 g/mol. The molecule has 1 fully saturated rings. The molecule has 9 nitrogen and oxygen atoms in total. The summed E-state index contributed by atoms with van der Waals surface area (Å²) in [7, 11) is 0. The van der Waals surface area contributed by atoms with E-state index in [0.29, 0.717) is 56.7 Å². The number of nitrogens with one attached hydrogen (secondary N) is 1. The molecule has 3 rings (SSSR count). The van der Waals surface area contributed by atoms with Crippen molar-refractivity contribution in [3.8, 4) is 0 Å². The van der Waals surface area contributed by atoms with Crippen molar-refractivity contribution in [1.82, 2.24) is 15.1 Å². The van der Waals surface area contributed by atoms with E-state index in [2.05, 4.69) is 5.32 Å². The van der Waals surface area contributed by atoms with E-state index in [1.165, 1.54) is 11.3 Å². The summed E-state index contributed by atoms with van der Waals surface area (Å²) in [5, 5.41) is 2.71. The standard InChI is InChI=1S/C23H33N3O6S/c1-5-20(28)31-16-6-9-25(10-7-16)19(27)13-24-21(29)18-12-15-14-26(11-8-17(15)33-18)22(30)32-23(2,3)4/h12,16H,5-11,13-14H2,1-4H3,(H,24,29). The number of hydrogen-bond acceptors (Lipinski definition) is 7. The first-order valence-electron chi connectivity index (χ1n) is 11.4. The summed E-state index contributed by atoms with van der Waals surface area (Å²) >= 11 is 1.40. The Morgan fingerprint density at radius 3 is 2.45 bits per heavy atom. The second-order valence-electron chi connectivity index (χ2n) is 9.32. The fourth-order valence-electron chi connectivity index (χ4n) is 3.77. The van der Waals surface area contributed by atoms with E-state index in [9.17, 15) is 19.2 Å². The van der Waals surface area contributed by atoms with Crippen LogP contribution in [0, 0.1) is 0 Å². The molecule has 1 N–H and O–H groups in total. The first-order valence-corrected chi connectivity index (χ1v) is 12.2. The quantitative estimate of drug-likeness (QED) is 0.651. The van der Waals surface area contributed by atoms with Gasteiger partial charge < -0.3 is 24.6 Å². The number of ether oxygens (including phenoxy) is 2. The van der Waals surface area contributed by atoms with Crippen molar-refractivity contribution in [3.63, 3.8) is 0 Å². The molecular formula is C23H33N3O6S. The van der Waals surface area contributed by atoms with Gasteiger partial charge in [-0.3, -0.25) is 14.4 Å². The zero-order valence-electron chi connectivity index (χ0n) is 19.8. The van der Waals surface area contributed by atoms with Crippen LogP contribution in [0.5, 0.6) is 0 Å². The van der Waals surface area contributed by atoms with Gasteiger partial charge in [0.2, 0.25) is 5.91 Å². The van der Waals surface area contributed by atoms with Crippen LogP contribution in [0.4, 0.5) is 4.79 Å². The van der Waals surface area contributed by atoms with Gasteiger partial charge in [0.1, 0.15) is 11.7 Å². The lowest BCUT2D eigenvalue weighted by atomic mass is 10.1. The number of thiophene rings is 1. The fourth-order valence-corrected chi connectivity index (χ4v) is 4.85. The zero-order chi connectivity index (χ0) is 24.2. The second-order valence-corrected chi connectivity index (χ2v) is 10.5. The Morgan fingerprint density at radius 1 is 1.12 bits per heavy atom. The molecule has 2 aliphatic heterocycles.